The molecule has 0 saturated heterocycles. The third-order valence-electron chi connectivity index (χ3n) is 4.81. The summed E-state index contributed by atoms with van der Waals surface area (Å²) in [6.45, 7) is 2.66. The van der Waals surface area contributed by atoms with Crippen molar-refractivity contribution < 1.29 is 9.59 Å². The second-order valence-electron chi connectivity index (χ2n) is 7.00. The Balaban J connectivity index is 1.37. The van der Waals surface area contributed by atoms with Crippen molar-refractivity contribution in [3.8, 4) is 0 Å². The van der Waals surface area contributed by atoms with E-state index in [0.717, 1.165) is 24.1 Å². The van der Waals surface area contributed by atoms with Crippen LogP contribution in [0.1, 0.15) is 35.4 Å². The highest BCUT2D eigenvalue weighted by Crippen LogP contribution is 2.30. The topological polar surface area (TPSA) is 58.2 Å². The maximum Gasteiger partial charge on any atom is 0.234 e. The maximum atomic E-state index is 12.1. The van der Waals surface area contributed by atoms with Crippen molar-refractivity contribution in [3.05, 3.63) is 65.2 Å². The van der Waals surface area contributed by atoms with E-state index in [-0.39, 0.29) is 17.6 Å². The molecule has 4 nitrogen and oxygen atoms in total. The number of fused-ring (bicyclic) bond motifs is 1. The molecule has 0 aromatic heterocycles. The average molecular weight is 383 g/mol. The maximum absolute atomic E-state index is 12.1. The number of aryl methyl sites for hydroxylation is 2. The molecule has 1 aliphatic carbocycles. The Hall–Kier alpha value is -2.27. The van der Waals surface area contributed by atoms with Gasteiger partial charge in [0, 0.05) is 18.2 Å². The molecule has 2 aromatic rings. The number of amides is 2. The Kier molecular flexibility index (Phi) is 6.93. The Bertz CT molecular complexity index is 806. The van der Waals surface area contributed by atoms with Gasteiger partial charge in [-0.2, -0.15) is 0 Å². The lowest BCUT2D eigenvalue weighted by Gasteiger charge is -2.25. The third kappa shape index (κ3) is 5.86. The summed E-state index contributed by atoms with van der Waals surface area (Å²) in [6.07, 6.45) is 3.42. The zero-order valence-electron chi connectivity index (χ0n) is 15.7. The number of thioether (sulfide) groups is 1. The first-order chi connectivity index (χ1) is 13.1. The molecule has 1 atom stereocenters. The Labute approximate surface area is 165 Å². The van der Waals surface area contributed by atoms with Crippen molar-refractivity contribution in [2.24, 2.45) is 0 Å². The number of carbonyl (C=O) groups excluding carboxylic acids is 2. The number of nitrogens with one attached hydrogen (secondary N) is 2. The summed E-state index contributed by atoms with van der Waals surface area (Å²) >= 11 is 1.34. The van der Waals surface area contributed by atoms with Crippen LogP contribution in [-0.4, -0.2) is 29.9 Å². The Morgan fingerprint density at radius 3 is 2.74 bits per heavy atom. The molecule has 0 radical (unpaired) electrons. The van der Waals surface area contributed by atoms with Gasteiger partial charge in [-0.25, -0.2) is 0 Å². The highest BCUT2D eigenvalue weighted by Gasteiger charge is 2.20. The van der Waals surface area contributed by atoms with E-state index in [2.05, 4.69) is 34.9 Å². The summed E-state index contributed by atoms with van der Waals surface area (Å²) in [5.74, 6) is 0.878. The van der Waals surface area contributed by atoms with Gasteiger partial charge in [-0.1, -0.05) is 36.4 Å². The molecule has 3 rings (SSSR count). The first-order valence-corrected chi connectivity index (χ1v) is 10.6. The minimum absolute atomic E-state index is 0.00795. The summed E-state index contributed by atoms with van der Waals surface area (Å²) in [7, 11) is 0. The summed E-state index contributed by atoms with van der Waals surface area (Å²) in [4.78, 5) is 24.1. The summed E-state index contributed by atoms with van der Waals surface area (Å²) < 4.78 is 0. The van der Waals surface area contributed by atoms with Crippen LogP contribution in [0, 0.1) is 6.92 Å². The number of hydrogen-bond acceptors (Lipinski definition) is 3. The first kappa shape index (κ1) is 19.5. The van der Waals surface area contributed by atoms with Crippen LogP contribution in [0.5, 0.6) is 0 Å². The van der Waals surface area contributed by atoms with Gasteiger partial charge < -0.3 is 10.6 Å². The minimum Gasteiger partial charge on any atom is -0.355 e. The molecule has 1 aliphatic rings. The van der Waals surface area contributed by atoms with Gasteiger partial charge in [0.05, 0.1) is 11.5 Å². The summed E-state index contributed by atoms with van der Waals surface area (Å²) in [5.41, 5.74) is 4.67. The average Bonchev–Trinajstić information content (AvgIpc) is 2.66. The highest BCUT2D eigenvalue weighted by atomic mass is 32.2. The quantitative estimate of drug-likeness (QED) is 0.763. The van der Waals surface area contributed by atoms with Crippen molar-refractivity contribution in [2.45, 2.75) is 32.1 Å². The SMILES string of the molecule is Cc1cccc(NC(=O)CSCC(=O)NCC2CCCc3ccccc32)c1. The molecule has 1 unspecified atom stereocenters. The molecule has 0 fully saturated rings. The van der Waals surface area contributed by atoms with Crippen molar-refractivity contribution >= 4 is 29.3 Å². The van der Waals surface area contributed by atoms with Gasteiger partial charge in [0.2, 0.25) is 11.8 Å². The predicted molar refractivity (Wildman–Crippen MR) is 112 cm³/mol. The second-order valence-corrected chi connectivity index (χ2v) is 7.99. The third-order valence-corrected chi connectivity index (χ3v) is 5.74. The molecule has 0 aliphatic heterocycles. The predicted octanol–water partition coefficient (Wildman–Crippen LogP) is 3.90. The molecule has 2 N–H and O–H groups in total. The van der Waals surface area contributed by atoms with E-state index < -0.39 is 0 Å². The zero-order chi connectivity index (χ0) is 19.1. The Morgan fingerprint density at radius 2 is 1.89 bits per heavy atom. The molecular formula is C22H26N2O2S. The van der Waals surface area contributed by atoms with Crippen molar-refractivity contribution in [2.75, 3.05) is 23.4 Å². The lowest BCUT2D eigenvalue weighted by atomic mass is 9.83. The molecule has 0 heterocycles. The molecule has 27 heavy (non-hydrogen) atoms. The molecule has 2 aromatic carbocycles. The van der Waals surface area contributed by atoms with Crippen LogP contribution in [0.3, 0.4) is 0 Å². The van der Waals surface area contributed by atoms with Crippen LogP contribution in [0.15, 0.2) is 48.5 Å². The minimum atomic E-state index is -0.0837. The van der Waals surface area contributed by atoms with E-state index in [1.54, 1.807) is 0 Å². The lowest BCUT2D eigenvalue weighted by Crippen LogP contribution is -2.31. The number of carbonyl (C=O) groups is 2. The number of rotatable bonds is 7. The fraction of sp³-hybridized carbons (Fsp3) is 0.364. The van der Waals surface area contributed by atoms with Crippen LogP contribution < -0.4 is 10.6 Å². The van der Waals surface area contributed by atoms with Crippen molar-refractivity contribution in [3.63, 3.8) is 0 Å². The van der Waals surface area contributed by atoms with Gasteiger partial charge in [-0.15, -0.1) is 11.8 Å². The first-order valence-electron chi connectivity index (χ1n) is 9.40. The molecule has 142 valence electrons. The molecular weight excluding hydrogens is 356 g/mol. The lowest BCUT2D eigenvalue weighted by molar-refractivity contribution is -0.118. The van der Waals surface area contributed by atoms with Crippen molar-refractivity contribution in [1.29, 1.82) is 0 Å². The van der Waals surface area contributed by atoms with Crippen LogP contribution in [-0.2, 0) is 16.0 Å². The number of hydrogen-bond donors (Lipinski definition) is 2. The molecule has 0 spiro atoms. The van der Waals surface area contributed by atoms with E-state index in [0.29, 0.717) is 18.2 Å². The zero-order valence-corrected chi connectivity index (χ0v) is 16.5. The largest absolute Gasteiger partial charge is 0.355 e. The molecule has 5 heteroatoms. The van der Waals surface area contributed by atoms with E-state index in [4.69, 9.17) is 0 Å². The fourth-order valence-electron chi connectivity index (χ4n) is 3.51. The van der Waals surface area contributed by atoms with Gasteiger partial charge in [-0.3, -0.25) is 9.59 Å². The second kappa shape index (κ2) is 9.60. The normalized spacial score (nSPS) is 15.7. The van der Waals surface area contributed by atoms with E-state index in [1.807, 2.05) is 31.2 Å². The number of anilines is 1. The summed E-state index contributed by atoms with van der Waals surface area (Å²) in [5, 5.41) is 5.89. The van der Waals surface area contributed by atoms with Crippen LogP contribution >= 0.6 is 11.8 Å². The van der Waals surface area contributed by atoms with Crippen molar-refractivity contribution in [1.82, 2.24) is 5.32 Å². The smallest absolute Gasteiger partial charge is 0.234 e. The molecule has 0 bridgehead atoms. The van der Waals surface area contributed by atoms with Crippen LogP contribution in [0.4, 0.5) is 5.69 Å². The van der Waals surface area contributed by atoms with Gasteiger partial charge in [-0.05, 0) is 55.0 Å². The fourth-order valence-corrected chi connectivity index (χ4v) is 4.16. The van der Waals surface area contributed by atoms with Gasteiger partial charge in [0.15, 0.2) is 0 Å². The van der Waals surface area contributed by atoms with Crippen LogP contribution in [0.2, 0.25) is 0 Å². The van der Waals surface area contributed by atoms with Gasteiger partial charge in [0.25, 0.3) is 0 Å². The Morgan fingerprint density at radius 1 is 1.07 bits per heavy atom. The van der Waals surface area contributed by atoms with E-state index in [1.165, 1.54) is 29.3 Å². The molecule has 0 saturated carbocycles. The number of benzene rings is 2. The van der Waals surface area contributed by atoms with Gasteiger partial charge >= 0.3 is 0 Å². The van der Waals surface area contributed by atoms with Gasteiger partial charge in [0.1, 0.15) is 0 Å². The van der Waals surface area contributed by atoms with Crippen LogP contribution in [0.25, 0.3) is 0 Å². The van der Waals surface area contributed by atoms with E-state index in [9.17, 15) is 9.59 Å². The standard InChI is InChI=1S/C22H26N2O2S/c1-16-6-4-10-19(12-16)24-22(26)15-27-14-21(25)23-13-18-9-5-8-17-7-2-3-11-20(17)18/h2-4,6-7,10-12,18H,5,8-9,13-15H2,1H3,(H,23,25)(H,24,26). The highest BCUT2D eigenvalue weighted by molar-refractivity contribution is 8.00. The van der Waals surface area contributed by atoms with E-state index >= 15 is 0 Å². The molecule has 2 amide bonds. The summed E-state index contributed by atoms with van der Waals surface area (Å²) in [6, 6.07) is 16.2. The monoisotopic (exact) mass is 382 g/mol.